The van der Waals surface area contributed by atoms with Gasteiger partial charge in [0.25, 0.3) is 0 Å². The maximum atomic E-state index is 11.0. The predicted molar refractivity (Wildman–Crippen MR) is 123 cm³/mol. The second-order valence-electron chi connectivity index (χ2n) is 8.53. The SMILES string of the molecule is C/C=C(\C)[C@@H]1O[Si](C(C)C)(C(C)C)/C(=C\C=C\C/C(C)=C/COC(=O)OC)[C@H]1C. The molecule has 5 heteroatoms. The number of carbonyl (C=O) groups excluding carboxylic acids is 1. The zero-order valence-corrected chi connectivity index (χ0v) is 20.7. The molecule has 0 aromatic rings. The Morgan fingerprint density at radius 2 is 1.83 bits per heavy atom. The van der Waals surface area contributed by atoms with Crippen molar-refractivity contribution in [3.8, 4) is 0 Å². The predicted octanol–water partition coefficient (Wildman–Crippen LogP) is 6.89. The van der Waals surface area contributed by atoms with Crippen molar-refractivity contribution >= 4 is 14.5 Å². The molecule has 4 nitrogen and oxygen atoms in total. The van der Waals surface area contributed by atoms with Crippen molar-refractivity contribution in [3.63, 3.8) is 0 Å². The molecule has 0 spiro atoms. The Balaban J connectivity index is 3.01. The van der Waals surface area contributed by atoms with E-state index < -0.39 is 14.5 Å². The summed E-state index contributed by atoms with van der Waals surface area (Å²) in [6.45, 7) is 18.1. The Morgan fingerprint density at radius 3 is 2.34 bits per heavy atom. The Bertz CT molecular complexity index is 662. The number of methoxy groups -OCH3 is 1. The number of ether oxygens (including phenoxy) is 2. The van der Waals surface area contributed by atoms with Crippen LogP contribution in [0.15, 0.2) is 46.7 Å². The largest absolute Gasteiger partial charge is 0.508 e. The molecule has 0 N–H and O–H groups in total. The van der Waals surface area contributed by atoms with Crippen LogP contribution in [0.4, 0.5) is 4.79 Å². The van der Waals surface area contributed by atoms with Crippen molar-refractivity contribution in [2.45, 2.75) is 79.0 Å². The highest BCUT2D eigenvalue weighted by molar-refractivity contribution is 6.84. The Labute approximate surface area is 178 Å². The van der Waals surface area contributed by atoms with Gasteiger partial charge in [-0.05, 0) is 55.1 Å². The first kappa shape index (κ1) is 25.4. The van der Waals surface area contributed by atoms with Gasteiger partial charge in [-0.3, -0.25) is 0 Å². The van der Waals surface area contributed by atoms with E-state index in [0.29, 0.717) is 17.0 Å². The lowest BCUT2D eigenvalue weighted by molar-refractivity contribution is 0.0817. The van der Waals surface area contributed by atoms with E-state index in [1.54, 1.807) is 0 Å². The van der Waals surface area contributed by atoms with Gasteiger partial charge in [-0.15, -0.1) is 0 Å². The zero-order valence-electron chi connectivity index (χ0n) is 19.7. The highest BCUT2D eigenvalue weighted by Gasteiger charge is 2.55. The molecule has 0 amide bonds. The quantitative estimate of drug-likeness (QED) is 0.243. The Kier molecular flexibility index (Phi) is 10.1. The summed E-state index contributed by atoms with van der Waals surface area (Å²) in [5.41, 5.74) is 3.53. The minimum atomic E-state index is -2.05. The van der Waals surface area contributed by atoms with E-state index in [9.17, 15) is 4.79 Å². The lowest BCUT2D eigenvalue weighted by atomic mass is 9.97. The fourth-order valence-electron chi connectivity index (χ4n) is 4.26. The van der Waals surface area contributed by atoms with Crippen LogP contribution in [0.5, 0.6) is 0 Å². The molecule has 0 bridgehead atoms. The van der Waals surface area contributed by atoms with Crippen molar-refractivity contribution in [3.05, 3.63) is 46.7 Å². The molecular weight excluding hydrogens is 380 g/mol. The molecule has 0 aliphatic carbocycles. The Hall–Kier alpha value is -1.59. The van der Waals surface area contributed by atoms with Crippen LogP contribution in [0.2, 0.25) is 11.1 Å². The second-order valence-corrected chi connectivity index (χ2v) is 13.2. The van der Waals surface area contributed by atoms with Gasteiger partial charge in [0, 0.05) is 5.92 Å². The van der Waals surface area contributed by atoms with Crippen LogP contribution >= 0.6 is 0 Å². The summed E-state index contributed by atoms with van der Waals surface area (Å²) in [6, 6.07) is 0. The van der Waals surface area contributed by atoms with Crippen molar-refractivity contribution in [2.75, 3.05) is 13.7 Å². The molecule has 1 rings (SSSR count). The molecule has 1 saturated heterocycles. The van der Waals surface area contributed by atoms with Gasteiger partial charge in [0.1, 0.15) is 6.61 Å². The van der Waals surface area contributed by atoms with Gasteiger partial charge < -0.3 is 13.9 Å². The number of hydrogen-bond donors (Lipinski definition) is 0. The summed E-state index contributed by atoms with van der Waals surface area (Å²) in [5, 5.41) is 1.51. The molecule has 1 heterocycles. The van der Waals surface area contributed by atoms with E-state index in [0.717, 1.165) is 12.0 Å². The fraction of sp³-hybridized carbons (Fsp3) is 0.625. The molecule has 0 radical (unpaired) electrons. The van der Waals surface area contributed by atoms with Crippen molar-refractivity contribution in [1.29, 1.82) is 0 Å². The molecule has 1 fully saturated rings. The van der Waals surface area contributed by atoms with E-state index in [2.05, 4.69) is 77.5 Å². The van der Waals surface area contributed by atoms with Crippen molar-refractivity contribution in [1.82, 2.24) is 0 Å². The first-order valence-corrected chi connectivity index (χ1v) is 12.7. The van der Waals surface area contributed by atoms with E-state index in [1.165, 1.54) is 17.9 Å². The molecule has 0 aromatic heterocycles. The first-order chi connectivity index (χ1) is 13.6. The summed E-state index contributed by atoms with van der Waals surface area (Å²) in [7, 11) is -0.745. The molecule has 1 aliphatic rings. The zero-order chi connectivity index (χ0) is 22.2. The first-order valence-electron chi connectivity index (χ1n) is 10.7. The molecule has 164 valence electrons. The lowest BCUT2D eigenvalue weighted by Gasteiger charge is -2.36. The standard InChI is InChI=1S/C24H40O4Si/c1-10-20(7)23-21(8)22(29(28-23,17(2)3)18(4)5)14-12-11-13-19(6)15-16-27-24(25)26-9/h10-12,14-15,17-18,21,23H,13,16H2,1-9H3/b12-11+,19-15+,20-10+,22-14-/t21-,23+/m1/s1. The number of hydrogen-bond acceptors (Lipinski definition) is 4. The van der Waals surface area contributed by atoms with Crippen molar-refractivity contribution in [2.24, 2.45) is 5.92 Å². The molecular formula is C24H40O4Si. The number of carbonyl (C=O) groups is 1. The van der Waals surface area contributed by atoms with Gasteiger partial charge in [-0.1, -0.05) is 64.5 Å². The Morgan fingerprint density at radius 1 is 1.21 bits per heavy atom. The monoisotopic (exact) mass is 420 g/mol. The van der Waals surface area contributed by atoms with Gasteiger partial charge in [0.05, 0.1) is 13.2 Å². The van der Waals surface area contributed by atoms with Crippen LogP contribution in [0.3, 0.4) is 0 Å². The molecule has 29 heavy (non-hydrogen) atoms. The van der Waals surface area contributed by atoms with Gasteiger partial charge in [0.15, 0.2) is 0 Å². The minimum absolute atomic E-state index is 0.188. The normalized spacial score (nSPS) is 24.2. The molecule has 0 aromatic carbocycles. The van der Waals surface area contributed by atoms with E-state index >= 15 is 0 Å². The van der Waals surface area contributed by atoms with Crippen LogP contribution in [0.1, 0.15) is 61.8 Å². The molecule has 0 saturated carbocycles. The summed E-state index contributed by atoms with van der Waals surface area (Å²) >= 11 is 0. The van der Waals surface area contributed by atoms with E-state index in [1.807, 2.05) is 13.0 Å². The van der Waals surface area contributed by atoms with Gasteiger partial charge in [-0.25, -0.2) is 4.79 Å². The van der Waals surface area contributed by atoms with Gasteiger partial charge >= 0.3 is 6.16 Å². The summed E-state index contributed by atoms with van der Waals surface area (Å²) < 4.78 is 16.3. The average molecular weight is 421 g/mol. The summed E-state index contributed by atoms with van der Waals surface area (Å²) in [4.78, 5) is 11.0. The minimum Gasteiger partial charge on any atom is -0.438 e. The second kappa shape index (κ2) is 11.6. The topological polar surface area (TPSA) is 44.8 Å². The highest BCUT2D eigenvalue weighted by Crippen LogP contribution is 2.50. The van der Waals surface area contributed by atoms with Crippen LogP contribution in [-0.4, -0.2) is 34.3 Å². The number of rotatable bonds is 8. The summed E-state index contributed by atoms with van der Waals surface area (Å²) in [5.74, 6) is 0.400. The fourth-order valence-corrected chi connectivity index (χ4v) is 9.64. The summed E-state index contributed by atoms with van der Waals surface area (Å²) in [6.07, 6.45) is 11.1. The average Bonchev–Trinajstić information content (AvgIpc) is 2.98. The van der Waals surface area contributed by atoms with Gasteiger partial charge in [0.2, 0.25) is 8.32 Å². The van der Waals surface area contributed by atoms with E-state index in [-0.39, 0.29) is 12.7 Å². The van der Waals surface area contributed by atoms with Crippen LogP contribution in [0.25, 0.3) is 0 Å². The van der Waals surface area contributed by atoms with Crippen LogP contribution < -0.4 is 0 Å². The molecule has 2 atom stereocenters. The third-order valence-electron chi connectivity index (χ3n) is 5.99. The third-order valence-corrected chi connectivity index (χ3v) is 11.6. The number of allylic oxidation sites excluding steroid dienone is 5. The smallest absolute Gasteiger partial charge is 0.438 e. The molecule has 1 aliphatic heterocycles. The maximum Gasteiger partial charge on any atom is 0.508 e. The lowest BCUT2D eigenvalue weighted by Crippen LogP contribution is -2.44. The van der Waals surface area contributed by atoms with E-state index in [4.69, 9.17) is 9.16 Å². The van der Waals surface area contributed by atoms with Crippen LogP contribution in [0, 0.1) is 5.92 Å². The third kappa shape index (κ3) is 6.19. The van der Waals surface area contributed by atoms with Crippen LogP contribution in [-0.2, 0) is 13.9 Å². The maximum absolute atomic E-state index is 11.0. The molecule has 0 unspecified atom stereocenters. The van der Waals surface area contributed by atoms with Gasteiger partial charge in [-0.2, -0.15) is 0 Å². The highest BCUT2D eigenvalue weighted by atomic mass is 28.4. The van der Waals surface area contributed by atoms with Crippen molar-refractivity contribution < 1.29 is 18.7 Å².